The van der Waals surface area contributed by atoms with Crippen LogP contribution < -0.4 is 0 Å². The van der Waals surface area contributed by atoms with Crippen molar-refractivity contribution in [1.82, 2.24) is 4.98 Å². The molecule has 0 fully saturated rings. The second kappa shape index (κ2) is 7.54. The summed E-state index contributed by atoms with van der Waals surface area (Å²) in [4.78, 5) is 5.13. The van der Waals surface area contributed by atoms with Crippen molar-refractivity contribution in [3.8, 4) is 22.4 Å². The third-order valence-corrected chi connectivity index (χ3v) is 6.85. The maximum Gasteiger partial charge on any atom is 0.0788 e. The predicted octanol–water partition coefficient (Wildman–Crippen LogP) is 9.03. The van der Waals surface area contributed by atoms with Crippen molar-refractivity contribution in [2.24, 2.45) is 0 Å². The van der Waals surface area contributed by atoms with Crippen molar-refractivity contribution in [1.29, 1.82) is 0 Å². The Balaban J connectivity index is 1.46. The van der Waals surface area contributed by atoms with Crippen LogP contribution in [0.4, 0.5) is 0 Å². The molecule has 1 aromatic heterocycles. The van der Waals surface area contributed by atoms with Gasteiger partial charge in [0.1, 0.15) is 0 Å². The minimum absolute atomic E-state index is 1.03. The Morgan fingerprint density at radius 2 is 1.00 bits per heavy atom. The first-order chi connectivity index (χ1) is 16.9. The summed E-state index contributed by atoms with van der Waals surface area (Å²) in [5.74, 6) is 0. The molecule has 0 saturated heterocycles. The van der Waals surface area contributed by atoms with Crippen molar-refractivity contribution in [2.45, 2.75) is 0 Å². The third-order valence-electron chi connectivity index (χ3n) is 6.85. The van der Waals surface area contributed by atoms with Crippen molar-refractivity contribution < 1.29 is 0 Å². The summed E-state index contributed by atoms with van der Waals surface area (Å²) >= 11 is 0. The minimum Gasteiger partial charge on any atom is -0.247 e. The number of aromatic nitrogens is 1. The monoisotopic (exact) mass is 431 g/mol. The molecule has 1 heterocycles. The number of pyridine rings is 1. The molecule has 0 aliphatic heterocycles. The van der Waals surface area contributed by atoms with Gasteiger partial charge in [-0.05, 0) is 38.7 Å². The first-order valence-corrected chi connectivity index (χ1v) is 11.7. The van der Waals surface area contributed by atoms with Crippen LogP contribution in [0.1, 0.15) is 0 Å². The van der Waals surface area contributed by atoms with Crippen LogP contribution in [-0.2, 0) is 0 Å². The lowest BCUT2D eigenvalue weighted by atomic mass is 9.94. The van der Waals surface area contributed by atoms with Crippen molar-refractivity contribution >= 4 is 43.2 Å². The van der Waals surface area contributed by atoms with Crippen molar-refractivity contribution in [2.75, 3.05) is 0 Å². The summed E-state index contributed by atoms with van der Waals surface area (Å²) in [5, 5.41) is 8.73. The van der Waals surface area contributed by atoms with Crippen LogP contribution in [-0.4, -0.2) is 4.98 Å². The van der Waals surface area contributed by atoms with Crippen LogP contribution in [0.25, 0.3) is 65.6 Å². The Kier molecular flexibility index (Phi) is 4.22. The molecule has 0 aliphatic rings. The lowest BCUT2D eigenvalue weighted by molar-refractivity contribution is 1.43. The maximum absolute atomic E-state index is 5.13. The first kappa shape index (κ1) is 19.0. The Morgan fingerprint density at radius 3 is 1.82 bits per heavy atom. The molecule has 158 valence electrons. The molecule has 7 rings (SSSR count). The molecule has 0 spiro atoms. The van der Waals surface area contributed by atoms with Gasteiger partial charge in [0.2, 0.25) is 0 Å². The average molecular weight is 432 g/mol. The number of para-hydroxylation sites is 1. The molecule has 6 aromatic carbocycles. The normalized spacial score (nSPS) is 11.5. The van der Waals surface area contributed by atoms with E-state index < -0.39 is 0 Å². The molecule has 0 bridgehead atoms. The summed E-state index contributed by atoms with van der Waals surface area (Å²) in [5.41, 5.74) is 5.67. The van der Waals surface area contributed by atoms with E-state index in [1.165, 1.54) is 48.8 Å². The lowest BCUT2D eigenvalue weighted by Crippen LogP contribution is -1.91. The van der Waals surface area contributed by atoms with E-state index in [0.717, 1.165) is 16.8 Å². The highest BCUT2D eigenvalue weighted by Crippen LogP contribution is 2.37. The number of rotatable bonds is 2. The van der Waals surface area contributed by atoms with Gasteiger partial charge in [-0.1, -0.05) is 121 Å². The van der Waals surface area contributed by atoms with E-state index >= 15 is 0 Å². The molecule has 0 saturated carbocycles. The van der Waals surface area contributed by atoms with Gasteiger partial charge >= 0.3 is 0 Å². The fourth-order valence-corrected chi connectivity index (χ4v) is 5.23. The SMILES string of the molecule is c1ccc2c(-c3ccc(-c4nc5ccccc5c5c4ccc4ccccc45)cc3)cccc2c1. The molecule has 0 radical (unpaired) electrons. The Labute approximate surface area is 197 Å². The van der Waals surface area contributed by atoms with E-state index in [1.54, 1.807) is 0 Å². The molecule has 0 unspecified atom stereocenters. The molecule has 0 atom stereocenters. The highest BCUT2D eigenvalue weighted by atomic mass is 14.7. The Morgan fingerprint density at radius 1 is 0.382 bits per heavy atom. The van der Waals surface area contributed by atoms with Crippen molar-refractivity contribution in [3.63, 3.8) is 0 Å². The van der Waals surface area contributed by atoms with Crippen LogP contribution in [0.5, 0.6) is 0 Å². The van der Waals surface area contributed by atoms with Crippen LogP contribution in [0.2, 0.25) is 0 Å². The standard InChI is InChI=1S/C33H21N/c1-3-11-26-22(8-1)10-7-14-27(26)24-16-18-25(19-17-24)33-30-21-20-23-9-2-4-12-28(23)32(30)29-13-5-6-15-31(29)34-33/h1-21H. The van der Waals surface area contributed by atoms with Gasteiger partial charge in [-0.3, -0.25) is 0 Å². The average Bonchev–Trinajstić information content (AvgIpc) is 2.92. The highest BCUT2D eigenvalue weighted by Gasteiger charge is 2.13. The van der Waals surface area contributed by atoms with Gasteiger partial charge in [0.25, 0.3) is 0 Å². The zero-order valence-electron chi connectivity index (χ0n) is 18.6. The summed E-state index contributed by atoms with van der Waals surface area (Å²) in [7, 11) is 0. The van der Waals surface area contributed by atoms with Crippen LogP contribution in [0.15, 0.2) is 127 Å². The molecule has 7 aromatic rings. The summed E-state index contributed by atoms with van der Waals surface area (Å²) in [6.07, 6.45) is 0. The van der Waals surface area contributed by atoms with E-state index in [0.29, 0.717) is 0 Å². The molecule has 0 amide bonds. The molecule has 1 heteroatoms. The Bertz CT molecular complexity index is 1820. The van der Waals surface area contributed by atoms with Crippen LogP contribution in [0.3, 0.4) is 0 Å². The zero-order valence-corrected chi connectivity index (χ0v) is 18.6. The molecule has 0 N–H and O–H groups in total. The highest BCUT2D eigenvalue weighted by molar-refractivity contribution is 6.22. The second-order valence-corrected chi connectivity index (χ2v) is 8.79. The van der Waals surface area contributed by atoms with Crippen LogP contribution >= 0.6 is 0 Å². The van der Waals surface area contributed by atoms with Gasteiger partial charge in [0.15, 0.2) is 0 Å². The number of fused-ring (bicyclic) bond motifs is 6. The summed E-state index contributed by atoms with van der Waals surface area (Å²) < 4.78 is 0. The quantitative estimate of drug-likeness (QED) is 0.249. The lowest BCUT2D eigenvalue weighted by Gasteiger charge is -2.13. The van der Waals surface area contributed by atoms with E-state index in [9.17, 15) is 0 Å². The number of hydrogen-bond donors (Lipinski definition) is 0. The van der Waals surface area contributed by atoms with E-state index in [2.05, 4.69) is 127 Å². The molecular formula is C33H21N. The predicted molar refractivity (Wildman–Crippen MR) is 145 cm³/mol. The largest absolute Gasteiger partial charge is 0.247 e. The Hall–Kier alpha value is -4.49. The third kappa shape index (κ3) is 2.91. The second-order valence-electron chi connectivity index (χ2n) is 8.79. The van der Waals surface area contributed by atoms with Gasteiger partial charge in [0.05, 0.1) is 11.2 Å². The van der Waals surface area contributed by atoms with Gasteiger partial charge < -0.3 is 0 Å². The molecule has 34 heavy (non-hydrogen) atoms. The van der Waals surface area contributed by atoms with E-state index in [-0.39, 0.29) is 0 Å². The summed E-state index contributed by atoms with van der Waals surface area (Å²) in [6.45, 7) is 0. The molecule has 0 aliphatic carbocycles. The number of hydrogen-bond acceptors (Lipinski definition) is 1. The smallest absolute Gasteiger partial charge is 0.0788 e. The van der Waals surface area contributed by atoms with E-state index in [4.69, 9.17) is 4.98 Å². The van der Waals surface area contributed by atoms with Gasteiger partial charge in [0, 0.05) is 21.7 Å². The maximum atomic E-state index is 5.13. The van der Waals surface area contributed by atoms with Crippen molar-refractivity contribution in [3.05, 3.63) is 127 Å². The fraction of sp³-hybridized carbons (Fsp3) is 0. The van der Waals surface area contributed by atoms with E-state index in [1.807, 2.05) is 0 Å². The van der Waals surface area contributed by atoms with Crippen LogP contribution in [0, 0.1) is 0 Å². The molecular weight excluding hydrogens is 410 g/mol. The van der Waals surface area contributed by atoms with Gasteiger partial charge in [-0.15, -0.1) is 0 Å². The zero-order chi connectivity index (χ0) is 22.5. The number of benzene rings is 6. The van der Waals surface area contributed by atoms with Gasteiger partial charge in [-0.25, -0.2) is 4.98 Å². The minimum atomic E-state index is 1.03. The fourth-order valence-electron chi connectivity index (χ4n) is 5.23. The summed E-state index contributed by atoms with van der Waals surface area (Å²) in [6, 6.07) is 45.5. The van der Waals surface area contributed by atoms with Gasteiger partial charge in [-0.2, -0.15) is 0 Å². The number of nitrogens with zero attached hydrogens (tertiary/aromatic N) is 1. The topological polar surface area (TPSA) is 12.9 Å². The molecule has 1 nitrogen and oxygen atoms in total. The first-order valence-electron chi connectivity index (χ1n) is 11.7.